The van der Waals surface area contributed by atoms with Crippen molar-refractivity contribution in [3.63, 3.8) is 0 Å². The summed E-state index contributed by atoms with van der Waals surface area (Å²) in [5.41, 5.74) is 2.97. The normalized spacial score (nSPS) is 19.5. The minimum atomic E-state index is -2.96. The smallest absolute Gasteiger partial charge is 0.188 e. The predicted octanol–water partition coefficient (Wildman–Crippen LogP) is 2.53. The molecule has 1 aliphatic rings. The van der Waals surface area contributed by atoms with Crippen LogP contribution in [0.2, 0.25) is 0 Å². The van der Waals surface area contributed by atoms with E-state index in [0.29, 0.717) is 13.0 Å². The van der Waals surface area contributed by atoms with Crippen LogP contribution in [0.25, 0.3) is 10.3 Å². The standard InChI is InChI=1S/C17H20N4O2S2/c1-12-15-16(20(2)19-12)18-17(24-15)21(10-13-6-4-3-5-7-13)14-8-9-25(22,23)11-14/h3-7,14H,8-11H2,1-2H3/t14-/m1/s1. The Labute approximate surface area is 151 Å². The molecule has 0 spiro atoms. The first kappa shape index (κ1) is 16.5. The highest BCUT2D eigenvalue weighted by Crippen LogP contribution is 2.34. The van der Waals surface area contributed by atoms with Crippen molar-refractivity contribution < 1.29 is 8.42 Å². The Kier molecular flexibility index (Phi) is 4.04. The first-order chi connectivity index (χ1) is 11.9. The number of hydrogen-bond donors (Lipinski definition) is 0. The summed E-state index contributed by atoms with van der Waals surface area (Å²) in [4.78, 5) is 6.93. The van der Waals surface area contributed by atoms with Crippen molar-refractivity contribution in [3.05, 3.63) is 41.6 Å². The molecule has 3 heterocycles. The molecule has 3 aromatic rings. The van der Waals surface area contributed by atoms with E-state index in [4.69, 9.17) is 4.98 Å². The van der Waals surface area contributed by atoms with Crippen LogP contribution in [0.5, 0.6) is 0 Å². The lowest BCUT2D eigenvalue weighted by Gasteiger charge is -2.27. The fourth-order valence-corrected chi connectivity index (χ4v) is 6.18. The Morgan fingerprint density at radius 1 is 1.32 bits per heavy atom. The molecule has 1 aliphatic heterocycles. The molecule has 1 aromatic carbocycles. The van der Waals surface area contributed by atoms with E-state index in [1.165, 1.54) is 0 Å². The maximum Gasteiger partial charge on any atom is 0.188 e. The molecule has 0 radical (unpaired) electrons. The SMILES string of the molecule is Cc1nn(C)c2nc(N(Cc3ccccc3)[C@@H]3CCS(=O)(=O)C3)sc12. The zero-order valence-electron chi connectivity index (χ0n) is 14.2. The molecule has 0 saturated carbocycles. The van der Waals surface area contributed by atoms with Gasteiger partial charge in [-0.25, -0.2) is 18.1 Å². The summed E-state index contributed by atoms with van der Waals surface area (Å²) in [5.74, 6) is 0.460. The number of aromatic nitrogens is 3. The van der Waals surface area contributed by atoms with Crippen molar-refractivity contribution in [1.82, 2.24) is 14.8 Å². The van der Waals surface area contributed by atoms with Crippen LogP contribution in [-0.4, -0.2) is 40.7 Å². The highest BCUT2D eigenvalue weighted by Gasteiger charge is 2.34. The second kappa shape index (κ2) is 6.10. The van der Waals surface area contributed by atoms with Crippen LogP contribution in [0.1, 0.15) is 17.7 Å². The third kappa shape index (κ3) is 3.16. The molecular formula is C17H20N4O2S2. The molecule has 4 rings (SSSR count). The molecule has 2 aromatic heterocycles. The Balaban J connectivity index is 1.74. The van der Waals surface area contributed by atoms with E-state index in [1.807, 2.05) is 32.2 Å². The molecule has 132 valence electrons. The van der Waals surface area contributed by atoms with Gasteiger partial charge in [0.15, 0.2) is 20.6 Å². The van der Waals surface area contributed by atoms with E-state index < -0.39 is 9.84 Å². The summed E-state index contributed by atoms with van der Waals surface area (Å²) >= 11 is 1.60. The van der Waals surface area contributed by atoms with Gasteiger partial charge in [-0.05, 0) is 18.9 Å². The Morgan fingerprint density at radius 3 is 2.72 bits per heavy atom. The van der Waals surface area contributed by atoms with Gasteiger partial charge >= 0.3 is 0 Å². The summed E-state index contributed by atoms with van der Waals surface area (Å²) in [6.45, 7) is 2.64. The van der Waals surface area contributed by atoms with Gasteiger partial charge in [0.1, 0.15) is 0 Å². The largest absolute Gasteiger partial charge is 0.340 e. The zero-order valence-corrected chi connectivity index (χ0v) is 15.8. The number of benzene rings is 1. The number of rotatable bonds is 4. The topological polar surface area (TPSA) is 68.1 Å². The second-order valence-electron chi connectivity index (χ2n) is 6.53. The molecule has 1 atom stereocenters. The summed E-state index contributed by atoms with van der Waals surface area (Å²) in [7, 11) is -1.07. The van der Waals surface area contributed by atoms with Gasteiger partial charge in [-0.2, -0.15) is 5.10 Å². The van der Waals surface area contributed by atoms with Crippen LogP contribution in [0, 0.1) is 6.92 Å². The number of thiazole rings is 1. The molecule has 0 aliphatic carbocycles. The monoisotopic (exact) mass is 376 g/mol. The molecule has 1 saturated heterocycles. The third-order valence-electron chi connectivity index (χ3n) is 4.62. The molecule has 0 amide bonds. The lowest BCUT2D eigenvalue weighted by Crippen LogP contribution is -2.35. The van der Waals surface area contributed by atoms with Gasteiger partial charge in [-0.1, -0.05) is 41.7 Å². The van der Waals surface area contributed by atoms with Crippen LogP contribution >= 0.6 is 11.3 Å². The maximum atomic E-state index is 12.0. The number of hydrogen-bond acceptors (Lipinski definition) is 6. The molecular weight excluding hydrogens is 356 g/mol. The fourth-order valence-electron chi connectivity index (χ4n) is 3.35. The number of aryl methyl sites for hydroxylation is 2. The lowest BCUT2D eigenvalue weighted by atomic mass is 10.1. The van der Waals surface area contributed by atoms with E-state index in [2.05, 4.69) is 22.1 Å². The van der Waals surface area contributed by atoms with Gasteiger partial charge in [0.05, 0.1) is 21.9 Å². The van der Waals surface area contributed by atoms with E-state index >= 15 is 0 Å². The summed E-state index contributed by atoms with van der Waals surface area (Å²) in [5, 5.41) is 5.28. The second-order valence-corrected chi connectivity index (χ2v) is 9.73. The zero-order chi connectivity index (χ0) is 17.6. The minimum Gasteiger partial charge on any atom is -0.340 e. The molecule has 1 fully saturated rings. The van der Waals surface area contributed by atoms with Crippen molar-refractivity contribution in [2.24, 2.45) is 7.05 Å². The van der Waals surface area contributed by atoms with Crippen LogP contribution in [0.3, 0.4) is 0 Å². The van der Waals surface area contributed by atoms with Gasteiger partial charge in [-0.3, -0.25) is 0 Å². The average molecular weight is 377 g/mol. The maximum absolute atomic E-state index is 12.0. The summed E-state index contributed by atoms with van der Waals surface area (Å²) in [6, 6.07) is 10.1. The Hall–Kier alpha value is -1.93. The van der Waals surface area contributed by atoms with Gasteiger partial charge in [0, 0.05) is 19.6 Å². The van der Waals surface area contributed by atoms with Crippen LogP contribution in [-0.2, 0) is 23.4 Å². The number of fused-ring (bicyclic) bond motifs is 1. The molecule has 0 unspecified atom stereocenters. The van der Waals surface area contributed by atoms with Crippen LogP contribution in [0.15, 0.2) is 30.3 Å². The highest BCUT2D eigenvalue weighted by atomic mass is 32.2. The van der Waals surface area contributed by atoms with Gasteiger partial charge in [0.25, 0.3) is 0 Å². The van der Waals surface area contributed by atoms with E-state index in [1.54, 1.807) is 16.0 Å². The van der Waals surface area contributed by atoms with E-state index in [-0.39, 0.29) is 17.5 Å². The quantitative estimate of drug-likeness (QED) is 0.700. The van der Waals surface area contributed by atoms with Crippen molar-refractivity contribution in [2.75, 3.05) is 16.4 Å². The minimum absolute atomic E-state index is 0.0287. The highest BCUT2D eigenvalue weighted by molar-refractivity contribution is 7.91. The van der Waals surface area contributed by atoms with E-state index in [9.17, 15) is 8.42 Å². The van der Waals surface area contributed by atoms with Gasteiger partial charge < -0.3 is 4.90 Å². The molecule has 6 nitrogen and oxygen atoms in total. The van der Waals surface area contributed by atoms with Crippen molar-refractivity contribution in [3.8, 4) is 0 Å². The molecule has 8 heteroatoms. The first-order valence-corrected chi connectivity index (χ1v) is 10.9. The number of sulfone groups is 1. The Bertz CT molecular complexity index is 974. The van der Waals surface area contributed by atoms with Gasteiger partial charge in [0.2, 0.25) is 0 Å². The predicted molar refractivity (Wildman–Crippen MR) is 101 cm³/mol. The molecule has 0 bridgehead atoms. The van der Waals surface area contributed by atoms with E-state index in [0.717, 1.165) is 26.7 Å². The van der Waals surface area contributed by atoms with Gasteiger partial charge in [-0.15, -0.1) is 0 Å². The van der Waals surface area contributed by atoms with Crippen molar-refractivity contribution in [2.45, 2.75) is 25.9 Å². The third-order valence-corrected chi connectivity index (χ3v) is 7.56. The van der Waals surface area contributed by atoms with Crippen molar-refractivity contribution in [1.29, 1.82) is 0 Å². The Morgan fingerprint density at radius 2 is 2.08 bits per heavy atom. The summed E-state index contributed by atoms with van der Waals surface area (Å²) < 4.78 is 26.9. The first-order valence-electron chi connectivity index (χ1n) is 8.24. The summed E-state index contributed by atoms with van der Waals surface area (Å²) in [6.07, 6.45) is 0.655. The van der Waals surface area contributed by atoms with Crippen LogP contribution < -0.4 is 4.90 Å². The van der Waals surface area contributed by atoms with Crippen molar-refractivity contribution >= 4 is 36.7 Å². The number of nitrogens with zero attached hydrogens (tertiary/aromatic N) is 4. The molecule has 0 N–H and O–H groups in total. The molecule has 25 heavy (non-hydrogen) atoms. The number of anilines is 1. The fraction of sp³-hybridized carbons (Fsp3) is 0.412. The van der Waals surface area contributed by atoms with Crippen LogP contribution in [0.4, 0.5) is 5.13 Å². The lowest BCUT2D eigenvalue weighted by molar-refractivity contribution is 0.598. The average Bonchev–Trinajstić information content (AvgIpc) is 3.23.